The van der Waals surface area contributed by atoms with Crippen molar-refractivity contribution in [2.45, 2.75) is 53.3 Å². The van der Waals surface area contributed by atoms with Crippen molar-refractivity contribution in [3.8, 4) is 0 Å². The van der Waals surface area contributed by atoms with Gasteiger partial charge in [0, 0.05) is 0 Å². The number of allylic oxidation sites excluding steroid dienone is 2. The van der Waals surface area contributed by atoms with Gasteiger partial charge < -0.3 is 0 Å². The molecule has 88 valence electrons. The lowest BCUT2D eigenvalue weighted by Gasteiger charge is -2.28. The first-order chi connectivity index (χ1) is 6.67. The van der Waals surface area contributed by atoms with Crippen molar-refractivity contribution >= 4 is 8.07 Å². The van der Waals surface area contributed by atoms with Gasteiger partial charge in [0.15, 0.2) is 0 Å². The second kappa shape index (κ2) is 5.69. The fourth-order valence-corrected chi connectivity index (χ4v) is 2.33. The maximum atomic E-state index is 3.81. The third-order valence-electron chi connectivity index (χ3n) is 2.62. The highest BCUT2D eigenvalue weighted by Gasteiger charge is 2.22. The first kappa shape index (κ1) is 14.7. The summed E-state index contributed by atoms with van der Waals surface area (Å²) < 4.78 is 0. The molecule has 0 saturated heterocycles. The zero-order valence-corrected chi connectivity index (χ0v) is 12.4. The van der Waals surface area contributed by atoms with Crippen LogP contribution in [0.2, 0.25) is 19.6 Å². The lowest BCUT2D eigenvalue weighted by molar-refractivity contribution is 0.280. The van der Waals surface area contributed by atoms with Gasteiger partial charge in [0.25, 0.3) is 0 Å². The molecule has 0 aromatic rings. The van der Waals surface area contributed by atoms with Crippen molar-refractivity contribution in [2.75, 3.05) is 0 Å². The Morgan fingerprint density at radius 3 is 2.07 bits per heavy atom. The monoisotopic (exact) mass is 224 g/mol. The van der Waals surface area contributed by atoms with Crippen LogP contribution in [0.4, 0.5) is 0 Å². The van der Waals surface area contributed by atoms with Gasteiger partial charge in [-0.3, -0.25) is 0 Å². The second-order valence-electron chi connectivity index (χ2n) is 6.56. The van der Waals surface area contributed by atoms with Crippen molar-refractivity contribution in [3.63, 3.8) is 0 Å². The summed E-state index contributed by atoms with van der Waals surface area (Å²) in [6, 6.07) is 0. The zero-order chi connectivity index (χ0) is 12.1. The molecule has 0 aromatic carbocycles. The summed E-state index contributed by atoms with van der Waals surface area (Å²) in [6.07, 6.45) is 6.84. The van der Waals surface area contributed by atoms with Crippen LogP contribution >= 0.6 is 0 Å². The maximum absolute atomic E-state index is 3.81. The Labute approximate surface area is 97.5 Å². The van der Waals surface area contributed by atoms with Crippen molar-refractivity contribution in [2.24, 2.45) is 11.3 Å². The van der Waals surface area contributed by atoms with E-state index in [1.807, 2.05) is 6.08 Å². The largest absolute Gasteiger partial charge is 0.103 e. The first-order valence-corrected chi connectivity index (χ1v) is 9.55. The van der Waals surface area contributed by atoms with Gasteiger partial charge in [-0.15, -0.1) is 6.58 Å². The van der Waals surface area contributed by atoms with Crippen LogP contribution in [0, 0.1) is 11.3 Å². The van der Waals surface area contributed by atoms with Crippen LogP contribution in [0.5, 0.6) is 0 Å². The third kappa shape index (κ3) is 7.61. The van der Waals surface area contributed by atoms with Gasteiger partial charge in [-0.05, 0) is 24.2 Å². The zero-order valence-electron chi connectivity index (χ0n) is 11.4. The van der Waals surface area contributed by atoms with Crippen molar-refractivity contribution in [1.29, 1.82) is 0 Å². The van der Waals surface area contributed by atoms with Gasteiger partial charge >= 0.3 is 0 Å². The Bertz CT molecular complexity index is 212. The lowest BCUT2D eigenvalue weighted by Crippen LogP contribution is -2.21. The molecule has 0 N–H and O–H groups in total. The average Bonchev–Trinajstić information content (AvgIpc) is 1.99. The minimum absolute atomic E-state index is 0.374. The average molecular weight is 224 g/mol. The molecule has 0 amide bonds. The van der Waals surface area contributed by atoms with E-state index in [1.54, 1.807) is 0 Å². The van der Waals surface area contributed by atoms with E-state index < -0.39 is 8.07 Å². The second-order valence-corrected chi connectivity index (χ2v) is 11.6. The van der Waals surface area contributed by atoms with Gasteiger partial charge in [-0.25, -0.2) is 0 Å². The fourth-order valence-electron chi connectivity index (χ4n) is 1.52. The highest BCUT2D eigenvalue weighted by molar-refractivity contribution is 6.80. The van der Waals surface area contributed by atoms with E-state index in [4.69, 9.17) is 0 Å². The Kier molecular flexibility index (Phi) is 5.58. The molecule has 0 aliphatic carbocycles. The Balaban J connectivity index is 4.51. The molecule has 0 spiro atoms. The fraction of sp³-hybridized carbons (Fsp3) is 0.714. The predicted octanol–water partition coefficient (Wildman–Crippen LogP) is 5.05. The highest BCUT2D eigenvalue weighted by atomic mass is 28.3. The van der Waals surface area contributed by atoms with Crippen LogP contribution in [0.15, 0.2) is 24.4 Å². The van der Waals surface area contributed by atoms with Crippen LogP contribution in [-0.2, 0) is 0 Å². The van der Waals surface area contributed by atoms with E-state index in [2.05, 4.69) is 58.8 Å². The summed E-state index contributed by atoms with van der Waals surface area (Å²) >= 11 is 0. The number of rotatable bonds is 5. The number of hydrogen-bond acceptors (Lipinski definition) is 0. The predicted molar refractivity (Wildman–Crippen MR) is 74.9 cm³/mol. The van der Waals surface area contributed by atoms with E-state index >= 15 is 0 Å². The van der Waals surface area contributed by atoms with Crippen LogP contribution in [0.3, 0.4) is 0 Å². The molecule has 0 saturated carbocycles. The Morgan fingerprint density at radius 2 is 1.73 bits per heavy atom. The molecule has 0 bridgehead atoms. The normalized spacial score (nSPS) is 15.6. The molecule has 0 rings (SSSR count). The molecule has 1 unspecified atom stereocenters. The van der Waals surface area contributed by atoms with Crippen LogP contribution in [0.25, 0.3) is 0 Å². The maximum Gasteiger partial charge on any atom is 0.0682 e. The summed E-state index contributed by atoms with van der Waals surface area (Å²) in [5, 5.41) is 0. The molecular formula is C14H28Si. The topological polar surface area (TPSA) is 0 Å². The molecule has 0 nitrogen and oxygen atoms in total. The SMILES string of the molecule is C=CCCC(/C=C\[Si](C)(C)C)C(C)(C)C. The lowest BCUT2D eigenvalue weighted by atomic mass is 9.78. The first-order valence-electron chi connectivity index (χ1n) is 5.97. The number of hydrogen-bond donors (Lipinski definition) is 0. The molecule has 0 aromatic heterocycles. The van der Waals surface area contributed by atoms with Crippen molar-refractivity contribution in [1.82, 2.24) is 0 Å². The summed E-state index contributed by atoms with van der Waals surface area (Å²) in [5.74, 6) is 0.683. The van der Waals surface area contributed by atoms with Crippen molar-refractivity contribution in [3.05, 3.63) is 24.4 Å². The van der Waals surface area contributed by atoms with E-state index in [0.29, 0.717) is 11.3 Å². The summed E-state index contributed by atoms with van der Waals surface area (Å²) in [6.45, 7) is 18.0. The van der Waals surface area contributed by atoms with Crippen LogP contribution in [-0.4, -0.2) is 8.07 Å². The molecule has 0 aliphatic rings. The van der Waals surface area contributed by atoms with Gasteiger partial charge in [0.05, 0.1) is 8.07 Å². The molecule has 1 heteroatoms. The Hall–Kier alpha value is -0.303. The van der Waals surface area contributed by atoms with Crippen molar-refractivity contribution < 1.29 is 0 Å². The van der Waals surface area contributed by atoms with E-state index in [1.165, 1.54) is 6.42 Å². The van der Waals surface area contributed by atoms with Crippen LogP contribution in [0.1, 0.15) is 33.6 Å². The third-order valence-corrected chi connectivity index (χ3v) is 3.82. The molecular weight excluding hydrogens is 196 g/mol. The van der Waals surface area contributed by atoms with Gasteiger partial charge in [-0.2, -0.15) is 0 Å². The van der Waals surface area contributed by atoms with E-state index in [0.717, 1.165) is 6.42 Å². The smallest absolute Gasteiger partial charge is 0.0682 e. The standard InChI is InChI=1S/C14H28Si/c1-8-9-10-13(14(2,3)4)11-12-15(5,6)7/h8,11-13H,1,9-10H2,2-7H3/b12-11-. The minimum atomic E-state index is -1.04. The highest BCUT2D eigenvalue weighted by Crippen LogP contribution is 2.31. The van der Waals surface area contributed by atoms with Crippen LogP contribution < -0.4 is 0 Å². The molecule has 1 atom stereocenters. The van der Waals surface area contributed by atoms with E-state index in [-0.39, 0.29) is 0 Å². The summed E-state index contributed by atoms with van der Waals surface area (Å²) in [7, 11) is -1.04. The molecule has 0 radical (unpaired) electrons. The molecule has 0 heterocycles. The summed E-state index contributed by atoms with van der Waals surface area (Å²) in [5.41, 5.74) is 2.85. The quantitative estimate of drug-likeness (QED) is 0.453. The molecule has 0 fully saturated rings. The van der Waals surface area contributed by atoms with Gasteiger partial charge in [0.1, 0.15) is 0 Å². The Morgan fingerprint density at radius 1 is 1.20 bits per heavy atom. The van der Waals surface area contributed by atoms with E-state index in [9.17, 15) is 0 Å². The molecule has 15 heavy (non-hydrogen) atoms. The van der Waals surface area contributed by atoms with Gasteiger partial charge in [-0.1, -0.05) is 58.3 Å². The minimum Gasteiger partial charge on any atom is -0.103 e. The summed E-state index contributed by atoms with van der Waals surface area (Å²) in [4.78, 5) is 0. The van der Waals surface area contributed by atoms with Gasteiger partial charge in [0.2, 0.25) is 0 Å². The molecule has 0 aliphatic heterocycles.